The number of rotatable bonds is 1. The summed E-state index contributed by atoms with van der Waals surface area (Å²) >= 11 is 5.72. The number of thioether (sulfide) groups is 1. The normalized spacial score (nSPS) is 22.1. The lowest BCUT2D eigenvalue weighted by atomic mass is 10.0. The summed E-state index contributed by atoms with van der Waals surface area (Å²) in [6.07, 6.45) is 6.48. The molecule has 2 nitrogen and oxygen atoms in total. The molecule has 0 spiro atoms. The third-order valence-corrected chi connectivity index (χ3v) is 5.37. The van der Waals surface area contributed by atoms with Crippen LogP contribution in [-0.2, 0) is 13.0 Å². The van der Waals surface area contributed by atoms with Gasteiger partial charge in [0.25, 0.3) is 0 Å². The molecule has 0 bridgehead atoms. The lowest BCUT2D eigenvalue weighted by Gasteiger charge is -2.24. The summed E-state index contributed by atoms with van der Waals surface area (Å²) in [6, 6.07) is 0. The molecule has 1 fully saturated rings. The van der Waals surface area contributed by atoms with Crippen molar-refractivity contribution in [3.63, 3.8) is 0 Å². The highest BCUT2D eigenvalue weighted by molar-refractivity contribution is 9.10. The fraction of sp³-hybridized carbons (Fsp3) is 0.750. The zero-order valence-corrected chi connectivity index (χ0v) is 11.8. The largest absolute Gasteiger partial charge is 0.331 e. The molecule has 0 radical (unpaired) electrons. The molecule has 4 heteroatoms. The van der Waals surface area contributed by atoms with Crippen LogP contribution in [0.15, 0.2) is 4.60 Å². The van der Waals surface area contributed by atoms with Crippen LogP contribution in [0.4, 0.5) is 0 Å². The maximum absolute atomic E-state index is 4.79. The molecule has 1 saturated heterocycles. The van der Waals surface area contributed by atoms with E-state index in [1.54, 1.807) is 0 Å². The van der Waals surface area contributed by atoms with Crippen molar-refractivity contribution in [3.8, 4) is 0 Å². The van der Waals surface area contributed by atoms with Gasteiger partial charge < -0.3 is 4.57 Å². The van der Waals surface area contributed by atoms with Crippen LogP contribution in [0.25, 0.3) is 0 Å². The first-order chi connectivity index (χ1) is 7.86. The first kappa shape index (κ1) is 11.1. The molecule has 0 amide bonds. The third-order valence-electron chi connectivity index (χ3n) is 3.68. The Balaban J connectivity index is 1.93. The second-order valence-electron chi connectivity index (χ2n) is 4.70. The molecule has 0 unspecified atom stereocenters. The second kappa shape index (κ2) is 4.73. The SMILES string of the molecule is Brc1nc(C2CCSCC2)n2c1CCCC2. The zero-order chi connectivity index (χ0) is 11.0. The summed E-state index contributed by atoms with van der Waals surface area (Å²) in [5, 5.41) is 0. The van der Waals surface area contributed by atoms with E-state index in [4.69, 9.17) is 4.98 Å². The van der Waals surface area contributed by atoms with Crippen molar-refractivity contribution in [2.75, 3.05) is 11.5 Å². The predicted octanol–water partition coefficient (Wildman–Crippen LogP) is 3.59. The zero-order valence-electron chi connectivity index (χ0n) is 9.41. The van der Waals surface area contributed by atoms with Crippen molar-refractivity contribution in [2.24, 2.45) is 0 Å². The molecule has 2 aliphatic rings. The van der Waals surface area contributed by atoms with Gasteiger partial charge in [0.1, 0.15) is 10.4 Å². The smallest absolute Gasteiger partial charge is 0.127 e. The Hall–Kier alpha value is 0.0400. The van der Waals surface area contributed by atoms with Gasteiger partial charge in [-0.3, -0.25) is 0 Å². The van der Waals surface area contributed by atoms with E-state index in [1.807, 2.05) is 0 Å². The number of imidazole rings is 1. The maximum Gasteiger partial charge on any atom is 0.127 e. The van der Waals surface area contributed by atoms with E-state index in [1.165, 1.54) is 61.7 Å². The Morgan fingerprint density at radius 2 is 2.06 bits per heavy atom. The minimum atomic E-state index is 0.712. The van der Waals surface area contributed by atoms with Gasteiger partial charge in [-0.25, -0.2) is 4.98 Å². The highest BCUT2D eigenvalue weighted by atomic mass is 79.9. The van der Waals surface area contributed by atoms with Gasteiger partial charge in [-0.05, 0) is 59.5 Å². The van der Waals surface area contributed by atoms with Gasteiger partial charge in [-0.2, -0.15) is 11.8 Å². The van der Waals surface area contributed by atoms with Crippen molar-refractivity contribution < 1.29 is 0 Å². The Morgan fingerprint density at radius 3 is 2.88 bits per heavy atom. The summed E-state index contributed by atoms with van der Waals surface area (Å²) < 4.78 is 3.61. The van der Waals surface area contributed by atoms with Gasteiger partial charge in [0.15, 0.2) is 0 Å². The topological polar surface area (TPSA) is 17.8 Å². The molecule has 0 aromatic carbocycles. The van der Waals surface area contributed by atoms with E-state index < -0.39 is 0 Å². The van der Waals surface area contributed by atoms with Crippen LogP contribution in [0.1, 0.15) is 43.1 Å². The standard InChI is InChI=1S/C12H17BrN2S/c13-11-10-3-1-2-6-15(10)12(14-11)9-4-7-16-8-5-9/h9H,1-8H2. The molecule has 3 rings (SSSR count). The number of aromatic nitrogens is 2. The summed E-state index contributed by atoms with van der Waals surface area (Å²) in [5.41, 5.74) is 1.44. The Labute approximate surface area is 109 Å². The summed E-state index contributed by atoms with van der Waals surface area (Å²) in [4.78, 5) is 4.79. The summed E-state index contributed by atoms with van der Waals surface area (Å²) in [7, 11) is 0. The molecule has 3 heterocycles. The van der Waals surface area contributed by atoms with E-state index in [0.717, 1.165) is 4.60 Å². The first-order valence-corrected chi connectivity index (χ1v) is 8.13. The van der Waals surface area contributed by atoms with E-state index >= 15 is 0 Å². The summed E-state index contributed by atoms with van der Waals surface area (Å²) in [5.74, 6) is 4.70. The molecular formula is C12H17BrN2S. The van der Waals surface area contributed by atoms with Crippen LogP contribution in [0.2, 0.25) is 0 Å². The van der Waals surface area contributed by atoms with Gasteiger partial charge in [-0.15, -0.1) is 0 Å². The lowest BCUT2D eigenvalue weighted by Crippen LogP contribution is -2.18. The second-order valence-corrected chi connectivity index (χ2v) is 6.68. The molecule has 0 N–H and O–H groups in total. The number of halogens is 1. The van der Waals surface area contributed by atoms with E-state index in [2.05, 4.69) is 32.3 Å². The number of fused-ring (bicyclic) bond motifs is 1. The molecule has 0 atom stereocenters. The van der Waals surface area contributed by atoms with Crippen molar-refractivity contribution in [3.05, 3.63) is 16.1 Å². The van der Waals surface area contributed by atoms with Crippen molar-refractivity contribution in [1.82, 2.24) is 9.55 Å². The molecule has 16 heavy (non-hydrogen) atoms. The molecular weight excluding hydrogens is 284 g/mol. The predicted molar refractivity (Wildman–Crippen MR) is 72.2 cm³/mol. The molecule has 1 aromatic rings. The highest BCUT2D eigenvalue weighted by Crippen LogP contribution is 2.35. The van der Waals surface area contributed by atoms with Crippen LogP contribution < -0.4 is 0 Å². The van der Waals surface area contributed by atoms with Crippen LogP contribution in [0.3, 0.4) is 0 Å². The molecule has 88 valence electrons. The first-order valence-electron chi connectivity index (χ1n) is 6.19. The van der Waals surface area contributed by atoms with Crippen LogP contribution in [0.5, 0.6) is 0 Å². The minimum absolute atomic E-state index is 0.712. The third kappa shape index (κ3) is 1.94. The average Bonchev–Trinajstić information content (AvgIpc) is 2.69. The fourth-order valence-electron chi connectivity index (χ4n) is 2.79. The van der Waals surface area contributed by atoms with Gasteiger partial charge >= 0.3 is 0 Å². The monoisotopic (exact) mass is 300 g/mol. The van der Waals surface area contributed by atoms with Crippen LogP contribution >= 0.6 is 27.7 Å². The van der Waals surface area contributed by atoms with Crippen LogP contribution in [0, 0.1) is 0 Å². The minimum Gasteiger partial charge on any atom is -0.331 e. The number of hydrogen-bond donors (Lipinski definition) is 0. The molecule has 0 aliphatic carbocycles. The fourth-order valence-corrected chi connectivity index (χ4v) is 4.49. The summed E-state index contributed by atoms with van der Waals surface area (Å²) in [6.45, 7) is 1.19. The maximum atomic E-state index is 4.79. The average molecular weight is 301 g/mol. The van der Waals surface area contributed by atoms with Gasteiger partial charge in [0, 0.05) is 12.5 Å². The van der Waals surface area contributed by atoms with E-state index in [0.29, 0.717) is 5.92 Å². The quantitative estimate of drug-likeness (QED) is 0.789. The van der Waals surface area contributed by atoms with Crippen molar-refractivity contribution >= 4 is 27.7 Å². The Morgan fingerprint density at radius 1 is 1.25 bits per heavy atom. The highest BCUT2D eigenvalue weighted by Gasteiger charge is 2.25. The molecule has 1 aromatic heterocycles. The van der Waals surface area contributed by atoms with Crippen molar-refractivity contribution in [1.29, 1.82) is 0 Å². The van der Waals surface area contributed by atoms with E-state index in [9.17, 15) is 0 Å². The lowest BCUT2D eigenvalue weighted by molar-refractivity contribution is 0.480. The molecule has 0 saturated carbocycles. The van der Waals surface area contributed by atoms with Crippen LogP contribution in [-0.4, -0.2) is 21.1 Å². The van der Waals surface area contributed by atoms with E-state index in [-0.39, 0.29) is 0 Å². The van der Waals surface area contributed by atoms with Crippen molar-refractivity contribution in [2.45, 2.75) is 44.6 Å². The van der Waals surface area contributed by atoms with Gasteiger partial charge in [-0.1, -0.05) is 0 Å². The molecule has 2 aliphatic heterocycles. The van der Waals surface area contributed by atoms with Gasteiger partial charge in [0.2, 0.25) is 0 Å². The Kier molecular flexibility index (Phi) is 3.29. The Bertz CT molecular complexity index is 383. The number of hydrogen-bond acceptors (Lipinski definition) is 2. The van der Waals surface area contributed by atoms with Gasteiger partial charge in [0.05, 0.1) is 5.69 Å². The number of nitrogens with zero attached hydrogens (tertiary/aromatic N) is 2.